The van der Waals surface area contributed by atoms with Crippen molar-refractivity contribution in [3.63, 3.8) is 0 Å². The number of carbonyl (C=O) groups is 2. The maximum atomic E-state index is 9.68. The van der Waals surface area contributed by atoms with Crippen molar-refractivity contribution >= 4 is 24.7 Å². The van der Waals surface area contributed by atoms with Gasteiger partial charge in [-0.2, -0.15) is 19.2 Å². The molecule has 0 unspecified atom stereocenters. The van der Waals surface area contributed by atoms with Crippen LogP contribution in [0, 0.1) is 0 Å². The maximum absolute atomic E-state index is 9.68. The van der Waals surface area contributed by atoms with E-state index in [9.17, 15) is 9.90 Å². The van der Waals surface area contributed by atoms with E-state index >= 15 is 0 Å². The summed E-state index contributed by atoms with van der Waals surface area (Å²) in [5.41, 5.74) is 0. The Hall–Kier alpha value is 1.62. The van der Waals surface area contributed by atoms with Gasteiger partial charge in [-0.3, -0.25) is 0 Å². The van der Waals surface area contributed by atoms with Crippen molar-refractivity contribution in [3.8, 4) is 0 Å². The molecule has 0 aliphatic carbocycles. The van der Waals surface area contributed by atoms with Gasteiger partial charge in [0.1, 0.15) is 0 Å². The average Bonchev–Trinajstić information content (AvgIpc) is 2.43. The summed E-state index contributed by atoms with van der Waals surface area (Å²) in [5.74, 6) is -1.06. The quantitative estimate of drug-likeness (QED) is 0.215. The summed E-state index contributed by atoms with van der Waals surface area (Å²) in [4.78, 5) is 50.4. The molecule has 0 heterocycles. The Labute approximate surface area is 257 Å². The second-order valence-corrected chi connectivity index (χ2v) is 2.36. The molecule has 14 heteroatoms. The van der Waals surface area contributed by atoms with Crippen LogP contribution in [0.2, 0.25) is 0 Å². The minimum Gasteiger partial charge on any atom is -0.554 e. The van der Waals surface area contributed by atoms with Crippen molar-refractivity contribution in [1.29, 1.82) is 0 Å². The van der Waals surface area contributed by atoms with E-state index in [4.69, 9.17) is 38.6 Å². The molecule has 0 radical (unpaired) electrons. The first kappa shape index (κ1) is 70.0. The molecular formula is C14H30Na4O10+2. The van der Waals surface area contributed by atoms with Crippen molar-refractivity contribution in [2.75, 3.05) is 26.4 Å². The molecule has 0 aromatic rings. The molecule has 0 atom stereocenters. The molecule has 0 bridgehead atoms. The van der Waals surface area contributed by atoms with E-state index in [1.165, 1.54) is 0 Å². The van der Waals surface area contributed by atoms with E-state index in [0.717, 1.165) is 13.2 Å². The SMILES string of the molecule is C.C.CCOCC.CCOCCC(=O)[O-].O=C=O.O=C=O.O=C[O-].[HH].[Na+].[Na+].[Na+].[Na+]. The summed E-state index contributed by atoms with van der Waals surface area (Å²) < 4.78 is 9.56. The first-order valence-corrected chi connectivity index (χ1v) is 5.83. The molecule has 0 spiro atoms. The third-order valence-electron chi connectivity index (χ3n) is 1.06. The molecule has 0 rings (SSSR count). The minimum absolute atomic E-state index is 0. The monoisotopic (exact) mass is 450 g/mol. The molecular weight excluding hydrogens is 420 g/mol. The van der Waals surface area contributed by atoms with Crippen LogP contribution in [-0.2, 0) is 38.2 Å². The van der Waals surface area contributed by atoms with Crippen LogP contribution in [0.5, 0.6) is 0 Å². The van der Waals surface area contributed by atoms with Crippen LogP contribution in [0.3, 0.4) is 0 Å². The summed E-state index contributed by atoms with van der Waals surface area (Å²) >= 11 is 0. The number of hydrogen-bond acceptors (Lipinski definition) is 10. The average molecular weight is 450 g/mol. The van der Waals surface area contributed by atoms with Crippen LogP contribution in [0.1, 0.15) is 43.5 Å². The number of hydrogen-bond donors (Lipinski definition) is 0. The van der Waals surface area contributed by atoms with Gasteiger partial charge in [0.05, 0.1) is 6.61 Å². The molecule has 0 saturated heterocycles. The van der Waals surface area contributed by atoms with E-state index in [2.05, 4.69) is 0 Å². The van der Waals surface area contributed by atoms with Gasteiger partial charge in [0.15, 0.2) is 0 Å². The number of rotatable bonds is 6. The fourth-order valence-electron chi connectivity index (χ4n) is 0.504. The van der Waals surface area contributed by atoms with E-state index in [1.54, 1.807) is 0 Å². The van der Waals surface area contributed by atoms with Gasteiger partial charge < -0.3 is 29.3 Å². The topological polar surface area (TPSA) is 167 Å². The van der Waals surface area contributed by atoms with Gasteiger partial charge in [-0.05, 0) is 20.8 Å². The Bertz CT molecular complexity index is 276. The molecule has 0 saturated carbocycles. The molecule has 0 aromatic heterocycles. The van der Waals surface area contributed by atoms with Gasteiger partial charge in [0.25, 0.3) is 0 Å². The second kappa shape index (κ2) is 102. The fourth-order valence-corrected chi connectivity index (χ4v) is 0.504. The van der Waals surface area contributed by atoms with E-state index in [0.29, 0.717) is 6.61 Å². The molecule has 0 aromatic carbocycles. The predicted molar refractivity (Wildman–Crippen MR) is 79.9 cm³/mol. The first-order chi connectivity index (χ1) is 10.4. The second-order valence-electron chi connectivity index (χ2n) is 2.36. The summed E-state index contributed by atoms with van der Waals surface area (Å²) in [6.07, 6.45) is 0.494. The molecule has 0 aliphatic rings. The van der Waals surface area contributed by atoms with Crippen LogP contribution in [0.25, 0.3) is 0 Å². The Morgan fingerprint density at radius 3 is 1.18 bits per heavy atom. The van der Waals surface area contributed by atoms with Crippen molar-refractivity contribution in [2.45, 2.75) is 42.0 Å². The first-order valence-electron chi connectivity index (χ1n) is 5.83. The van der Waals surface area contributed by atoms with Gasteiger partial charge in [0, 0.05) is 40.1 Å². The van der Waals surface area contributed by atoms with Crippen molar-refractivity contribution in [2.24, 2.45) is 0 Å². The van der Waals surface area contributed by atoms with Crippen LogP contribution in [0.15, 0.2) is 0 Å². The minimum atomic E-state index is -1.06. The number of aliphatic carboxylic acids is 1. The maximum Gasteiger partial charge on any atom is 1.00 e. The van der Waals surface area contributed by atoms with Crippen molar-refractivity contribution in [1.82, 2.24) is 0 Å². The van der Waals surface area contributed by atoms with Gasteiger partial charge in [-0.15, -0.1) is 0 Å². The number of carboxylic acid groups (broad SMARTS) is 2. The zero-order valence-electron chi connectivity index (χ0n) is 16.7. The summed E-state index contributed by atoms with van der Waals surface area (Å²) in [6, 6.07) is 0. The Balaban J connectivity index is -0.0000000124. The van der Waals surface area contributed by atoms with Crippen molar-refractivity contribution < 1.29 is 168 Å². The van der Waals surface area contributed by atoms with Gasteiger partial charge in [-0.25, -0.2) is 0 Å². The van der Waals surface area contributed by atoms with Gasteiger partial charge >= 0.3 is 131 Å². The van der Waals surface area contributed by atoms with Crippen LogP contribution >= 0.6 is 0 Å². The molecule has 10 nitrogen and oxygen atoms in total. The Morgan fingerprint density at radius 2 is 1.07 bits per heavy atom. The molecule has 28 heavy (non-hydrogen) atoms. The summed E-state index contributed by atoms with van der Waals surface area (Å²) in [5, 5.41) is 17.9. The molecule has 148 valence electrons. The Morgan fingerprint density at radius 1 is 0.857 bits per heavy atom. The molecule has 0 N–H and O–H groups in total. The number of ether oxygens (including phenoxy) is 2. The van der Waals surface area contributed by atoms with E-state index in [1.807, 2.05) is 20.8 Å². The van der Waals surface area contributed by atoms with Gasteiger partial charge in [0.2, 0.25) is 0 Å². The zero-order chi connectivity index (χ0) is 18.6. The molecule has 0 aliphatic heterocycles. The molecule has 0 fully saturated rings. The number of carboxylic acids is 1. The summed E-state index contributed by atoms with van der Waals surface area (Å²) in [7, 11) is 0. The largest absolute Gasteiger partial charge is 1.00 e. The van der Waals surface area contributed by atoms with E-state index in [-0.39, 0.29) is 160 Å². The summed E-state index contributed by atoms with van der Waals surface area (Å²) in [6.45, 7) is 7.81. The van der Waals surface area contributed by atoms with E-state index < -0.39 is 12.4 Å². The standard InChI is InChI=1S/C5H10O3.C4H10O.CH2O2.2CO2.2CH4.4Na.H2/c1-2-8-4-3-5(6)7;1-3-5-4-2;3*2-1-3;;;;;;;/h2-4H2,1H3,(H,6,7);3-4H2,1-2H3;1H,(H,2,3);;;2*1H4;;;;;1H/q;;;;;;;4*+1;/p-2. The third kappa shape index (κ3) is 263. The predicted octanol–water partition coefficient (Wildman–Crippen LogP) is -13.1. The van der Waals surface area contributed by atoms with Gasteiger partial charge in [-0.1, -0.05) is 14.9 Å². The smallest absolute Gasteiger partial charge is 0.554 e. The van der Waals surface area contributed by atoms with Crippen LogP contribution < -0.4 is 128 Å². The Kier molecular flexibility index (Phi) is 255. The zero-order valence-corrected chi connectivity index (χ0v) is 24.7. The normalized spacial score (nSPS) is 5.11. The fraction of sp³-hybridized carbons (Fsp3) is 0.714. The number of carbonyl (C=O) groups excluding carboxylic acids is 6. The van der Waals surface area contributed by atoms with Crippen LogP contribution in [-0.4, -0.2) is 51.2 Å². The van der Waals surface area contributed by atoms with Crippen LogP contribution in [0.4, 0.5) is 0 Å². The van der Waals surface area contributed by atoms with Crippen molar-refractivity contribution in [3.05, 3.63) is 0 Å². The molecule has 0 amide bonds. The third-order valence-corrected chi connectivity index (χ3v) is 1.06.